The lowest BCUT2D eigenvalue weighted by Gasteiger charge is -2.38. The highest BCUT2D eigenvalue weighted by Gasteiger charge is 2.45. The molecule has 3 heterocycles. The number of phenols is 1. The number of thiophene rings is 1. The number of ether oxygens (including phenoxy) is 3. The second-order valence-electron chi connectivity index (χ2n) is 14.0. The van der Waals surface area contributed by atoms with Gasteiger partial charge >= 0.3 is 23.9 Å². The highest BCUT2D eigenvalue weighted by molar-refractivity contribution is 7.17. The number of phenolic OH excluding ortho intramolecular Hbond substituents is 1. The number of esters is 2. The molecule has 0 fully saturated rings. The van der Waals surface area contributed by atoms with Gasteiger partial charge in [0.25, 0.3) is 11.8 Å². The van der Waals surface area contributed by atoms with Gasteiger partial charge in [-0.15, -0.1) is 11.3 Å². The Hall–Kier alpha value is -4.46. The van der Waals surface area contributed by atoms with Gasteiger partial charge < -0.3 is 24.6 Å². The predicted molar refractivity (Wildman–Crippen MR) is 167 cm³/mol. The molecule has 2 N–H and O–H groups in total. The molecule has 0 bridgehead atoms. The minimum Gasteiger partial charge on any atom is -0.507 e. The van der Waals surface area contributed by atoms with Crippen molar-refractivity contribution in [2.24, 2.45) is 0 Å². The molecule has 2 aliphatic rings. The van der Waals surface area contributed by atoms with Crippen molar-refractivity contribution in [3.8, 4) is 5.75 Å². The molecule has 1 aromatic heterocycles. The molecule has 2 aliphatic heterocycles. The van der Waals surface area contributed by atoms with Gasteiger partial charge in [-0.3, -0.25) is 24.2 Å². The molecule has 0 aliphatic carbocycles. The van der Waals surface area contributed by atoms with Crippen LogP contribution < -0.4 is 5.32 Å². The lowest BCUT2D eigenvalue weighted by Crippen LogP contribution is -2.47. The number of nitrogens with zero attached hydrogens (tertiary/aromatic N) is 2. The number of imide groups is 1. The number of hydrogen-bond acceptors (Lipinski definition) is 11. The van der Waals surface area contributed by atoms with Gasteiger partial charge in [0.05, 0.1) is 29.3 Å². The number of carbonyl (C=O) groups excluding carboxylic acids is 6. The van der Waals surface area contributed by atoms with Gasteiger partial charge in [0.1, 0.15) is 27.6 Å². The maximum atomic E-state index is 13.6. The zero-order valence-electron chi connectivity index (χ0n) is 27.4. The van der Waals surface area contributed by atoms with E-state index < -0.39 is 58.6 Å². The topological polar surface area (TPSA) is 169 Å². The third kappa shape index (κ3) is 7.33. The summed E-state index contributed by atoms with van der Waals surface area (Å²) in [6.07, 6.45) is -0.601. The predicted octanol–water partition coefficient (Wildman–Crippen LogP) is 4.82. The van der Waals surface area contributed by atoms with Crippen molar-refractivity contribution in [1.29, 1.82) is 0 Å². The molecule has 0 radical (unpaired) electrons. The Kier molecular flexibility index (Phi) is 9.01. The summed E-state index contributed by atoms with van der Waals surface area (Å²) < 4.78 is 16.5. The van der Waals surface area contributed by atoms with Crippen LogP contribution in [0.3, 0.4) is 0 Å². The van der Waals surface area contributed by atoms with Crippen molar-refractivity contribution < 1.29 is 48.1 Å². The SMILES string of the molecule is CC(C)(C)OC(=O)C(=O)Nc1sc2c(c1C(=O)OC(C)(C)C)CCN(C(=O)OC(C)(C)C)C2CN1C(=O)c2cccc(O)c2C1=O. The molecular weight excluding hydrogens is 618 g/mol. The quantitative estimate of drug-likeness (QED) is 0.201. The lowest BCUT2D eigenvalue weighted by atomic mass is 9.97. The minimum absolute atomic E-state index is 0.00999. The molecule has 0 saturated heterocycles. The number of carbonyl (C=O) groups is 6. The number of nitrogens with one attached hydrogen (secondary N) is 1. The molecule has 1 unspecified atom stereocenters. The van der Waals surface area contributed by atoms with Crippen LogP contribution in [0.4, 0.5) is 9.80 Å². The van der Waals surface area contributed by atoms with E-state index in [0.717, 1.165) is 16.2 Å². The van der Waals surface area contributed by atoms with E-state index in [9.17, 15) is 33.9 Å². The van der Waals surface area contributed by atoms with Gasteiger partial charge in [0.2, 0.25) is 0 Å². The molecule has 4 rings (SSSR count). The Bertz CT molecular complexity index is 1620. The monoisotopic (exact) mass is 657 g/mol. The first-order valence-corrected chi connectivity index (χ1v) is 15.5. The van der Waals surface area contributed by atoms with Gasteiger partial charge in [-0.05, 0) is 86.4 Å². The first kappa shape index (κ1) is 34.4. The molecule has 0 saturated carbocycles. The van der Waals surface area contributed by atoms with Crippen LogP contribution in [0.25, 0.3) is 0 Å². The molecule has 2 aromatic rings. The Morgan fingerprint density at radius 3 is 2.09 bits per heavy atom. The van der Waals surface area contributed by atoms with Crippen molar-refractivity contribution >= 4 is 52.1 Å². The second kappa shape index (κ2) is 12.0. The highest BCUT2D eigenvalue weighted by Crippen LogP contribution is 2.45. The summed E-state index contributed by atoms with van der Waals surface area (Å²) in [7, 11) is 0. The number of benzene rings is 1. The van der Waals surface area contributed by atoms with Crippen LogP contribution in [0, 0.1) is 0 Å². The Morgan fingerprint density at radius 1 is 0.913 bits per heavy atom. The molecular formula is C32H39N3O10S. The third-order valence-corrected chi connectivity index (χ3v) is 7.94. The normalized spacial score (nSPS) is 16.5. The fraction of sp³-hybridized carbons (Fsp3) is 0.500. The molecule has 46 heavy (non-hydrogen) atoms. The Labute approximate surface area is 270 Å². The van der Waals surface area contributed by atoms with Crippen LogP contribution in [0.5, 0.6) is 5.75 Å². The average Bonchev–Trinajstić information content (AvgIpc) is 3.37. The fourth-order valence-electron chi connectivity index (χ4n) is 5.02. The zero-order chi connectivity index (χ0) is 34.5. The number of anilines is 1. The number of amides is 4. The maximum Gasteiger partial charge on any atom is 0.410 e. The summed E-state index contributed by atoms with van der Waals surface area (Å²) >= 11 is 0.911. The maximum absolute atomic E-state index is 13.6. The summed E-state index contributed by atoms with van der Waals surface area (Å²) in [5, 5.41) is 12.8. The molecule has 0 spiro atoms. The van der Waals surface area contributed by atoms with Crippen molar-refractivity contribution in [3.63, 3.8) is 0 Å². The van der Waals surface area contributed by atoms with Crippen LogP contribution in [0.2, 0.25) is 0 Å². The van der Waals surface area contributed by atoms with Gasteiger partial charge in [-0.2, -0.15) is 0 Å². The van der Waals surface area contributed by atoms with Gasteiger partial charge in [0, 0.05) is 11.4 Å². The zero-order valence-corrected chi connectivity index (χ0v) is 28.2. The number of fused-ring (bicyclic) bond motifs is 2. The van der Waals surface area contributed by atoms with E-state index in [1.165, 1.54) is 23.1 Å². The summed E-state index contributed by atoms with van der Waals surface area (Å²) in [6.45, 7) is 14.6. The molecule has 13 nitrogen and oxygen atoms in total. The number of hydrogen-bond donors (Lipinski definition) is 2. The average molecular weight is 658 g/mol. The van der Waals surface area contributed by atoms with Crippen molar-refractivity contribution in [3.05, 3.63) is 45.3 Å². The Morgan fingerprint density at radius 2 is 1.52 bits per heavy atom. The van der Waals surface area contributed by atoms with E-state index >= 15 is 0 Å². The van der Waals surface area contributed by atoms with Crippen LogP contribution >= 0.6 is 11.3 Å². The molecule has 1 atom stereocenters. The largest absolute Gasteiger partial charge is 0.507 e. The molecule has 1 aromatic carbocycles. The third-order valence-electron chi connectivity index (χ3n) is 6.69. The smallest absolute Gasteiger partial charge is 0.410 e. The lowest BCUT2D eigenvalue weighted by molar-refractivity contribution is -0.161. The number of rotatable bonds is 4. The van der Waals surface area contributed by atoms with Gasteiger partial charge in [0.15, 0.2) is 0 Å². The van der Waals surface area contributed by atoms with E-state index in [0.29, 0.717) is 10.4 Å². The summed E-state index contributed by atoms with van der Waals surface area (Å²) in [5.41, 5.74) is -2.50. The van der Waals surface area contributed by atoms with E-state index in [4.69, 9.17) is 14.2 Å². The molecule has 4 amide bonds. The van der Waals surface area contributed by atoms with Crippen molar-refractivity contribution in [1.82, 2.24) is 9.80 Å². The first-order valence-electron chi connectivity index (χ1n) is 14.7. The van der Waals surface area contributed by atoms with E-state index in [2.05, 4.69) is 5.32 Å². The summed E-state index contributed by atoms with van der Waals surface area (Å²) in [4.78, 5) is 82.1. The van der Waals surface area contributed by atoms with Crippen molar-refractivity contribution in [2.75, 3.05) is 18.4 Å². The standard InChI is InChI=1S/C32H39N3O10S/c1-30(2,3)43-27(40)21-16-13-14-34(29(42)45-32(7,8)9)18(15-35-25(38)17-11-10-12-19(36)20(17)26(35)39)22(16)46-24(21)33-23(37)28(41)44-31(4,5)6/h10-12,18,36H,13-15H2,1-9H3,(H,33,37). The second-order valence-corrected chi connectivity index (χ2v) is 15.0. The molecule has 248 valence electrons. The van der Waals surface area contributed by atoms with Crippen LogP contribution in [-0.2, 0) is 30.2 Å². The van der Waals surface area contributed by atoms with E-state index in [1.807, 2.05) is 0 Å². The van der Waals surface area contributed by atoms with E-state index in [-0.39, 0.29) is 47.0 Å². The summed E-state index contributed by atoms with van der Waals surface area (Å²) in [5.74, 6) is -4.87. The van der Waals surface area contributed by atoms with Gasteiger partial charge in [-0.1, -0.05) is 6.07 Å². The summed E-state index contributed by atoms with van der Waals surface area (Å²) in [6, 6.07) is 3.14. The minimum atomic E-state index is -1.17. The van der Waals surface area contributed by atoms with Crippen LogP contribution in [0.15, 0.2) is 18.2 Å². The fourth-order valence-corrected chi connectivity index (χ4v) is 6.35. The Balaban J connectivity index is 1.83. The first-order chi connectivity index (χ1) is 21.1. The molecule has 14 heteroatoms. The number of aromatic hydroxyl groups is 1. The van der Waals surface area contributed by atoms with E-state index in [1.54, 1.807) is 62.3 Å². The van der Waals surface area contributed by atoms with Crippen molar-refractivity contribution in [2.45, 2.75) is 91.6 Å². The van der Waals surface area contributed by atoms with Gasteiger partial charge in [-0.25, -0.2) is 14.4 Å². The van der Waals surface area contributed by atoms with Crippen LogP contribution in [-0.4, -0.2) is 80.6 Å². The van der Waals surface area contributed by atoms with Crippen LogP contribution in [0.1, 0.15) is 110 Å². The highest BCUT2D eigenvalue weighted by atomic mass is 32.1.